The lowest BCUT2D eigenvalue weighted by atomic mass is 10.0. The van der Waals surface area contributed by atoms with Gasteiger partial charge >= 0.3 is 0 Å². The first-order chi connectivity index (χ1) is 12.1. The second-order valence-corrected chi connectivity index (χ2v) is 7.34. The third-order valence-electron chi connectivity index (χ3n) is 4.40. The van der Waals surface area contributed by atoms with Crippen LogP contribution in [-0.2, 0) is 0 Å². The standard InChI is InChI=1S/C18H20ClN3O2S/c1-20-13-6-8-22(9-7-13)18(24)12-4-5-14(19)15(11-12)21-17(23)16-3-2-10-25-16/h2-5,10-11,13,20H,6-9H2,1H3,(H,21,23). The Balaban J connectivity index is 1.72. The van der Waals surface area contributed by atoms with Crippen molar-refractivity contribution in [3.05, 3.63) is 51.2 Å². The molecule has 2 aromatic rings. The van der Waals surface area contributed by atoms with E-state index >= 15 is 0 Å². The van der Waals surface area contributed by atoms with Crippen molar-refractivity contribution in [1.29, 1.82) is 0 Å². The molecule has 0 aliphatic carbocycles. The summed E-state index contributed by atoms with van der Waals surface area (Å²) in [5.74, 6) is -0.255. The SMILES string of the molecule is CNC1CCN(C(=O)c2ccc(Cl)c(NC(=O)c3cccs3)c2)CC1. The molecule has 1 fully saturated rings. The largest absolute Gasteiger partial charge is 0.339 e. The van der Waals surface area contributed by atoms with E-state index in [-0.39, 0.29) is 11.8 Å². The number of piperidine rings is 1. The number of thiophene rings is 1. The number of rotatable bonds is 4. The highest BCUT2D eigenvalue weighted by atomic mass is 35.5. The van der Waals surface area contributed by atoms with Crippen LogP contribution in [0.1, 0.15) is 32.9 Å². The van der Waals surface area contributed by atoms with Gasteiger partial charge < -0.3 is 15.5 Å². The summed E-state index contributed by atoms with van der Waals surface area (Å²) in [6.45, 7) is 1.45. The number of likely N-dealkylation sites (tertiary alicyclic amines) is 1. The minimum absolute atomic E-state index is 0.0298. The molecule has 2 N–H and O–H groups in total. The number of nitrogens with zero attached hydrogens (tertiary/aromatic N) is 1. The molecule has 132 valence electrons. The molecule has 1 aliphatic heterocycles. The van der Waals surface area contributed by atoms with Crippen LogP contribution in [0.25, 0.3) is 0 Å². The number of nitrogens with one attached hydrogen (secondary N) is 2. The highest BCUT2D eigenvalue weighted by molar-refractivity contribution is 7.12. The van der Waals surface area contributed by atoms with E-state index in [4.69, 9.17) is 11.6 Å². The molecule has 3 rings (SSSR count). The highest BCUT2D eigenvalue weighted by Crippen LogP contribution is 2.25. The number of halogens is 1. The number of carbonyl (C=O) groups excluding carboxylic acids is 2. The molecule has 0 atom stereocenters. The Morgan fingerprint density at radius 3 is 2.64 bits per heavy atom. The molecule has 1 aromatic carbocycles. The zero-order chi connectivity index (χ0) is 17.8. The van der Waals surface area contributed by atoms with Gasteiger partial charge in [-0.3, -0.25) is 9.59 Å². The van der Waals surface area contributed by atoms with Gasteiger partial charge in [0, 0.05) is 24.7 Å². The Morgan fingerprint density at radius 1 is 1.24 bits per heavy atom. The third kappa shape index (κ3) is 4.21. The van der Waals surface area contributed by atoms with Gasteiger partial charge in [0.25, 0.3) is 11.8 Å². The van der Waals surface area contributed by atoms with Crippen LogP contribution >= 0.6 is 22.9 Å². The molecule has 1 aliphatic rings. The predicted molar refractivity (Wildman–Crippen MR) is 102 cm³/mol. The molecule has 2 amide bonds. The van der Waals surface area contributed by atoms with Crippen molar-refractivity contribution in [3.8, 4) is 0 Å². The van der Waals surface area contributed by atoms with E-state index in [0.717, 1.165) is 25.9 Å². The first-order valence-corrected chi connectivity index (χ1v) is 9.45. The summed E-state index contributed by atoms with van der Waals surface area (Å²) in [4.78, 5) is 27.4. The molecule has 25 heavy (non-hydrogen) atoms. The van der Waals surface area contributed by atoms with Crippen molar-refractivity contribution in [3.63, 3.8) is 0 Å². The van der Waals surface area contributed by atoms with Crippen molar-refractivity contribution in [2.75, 3.05) is 25.5 Å². The van der Waals surface area contributed by atoms with Crippen molar-refractivity contribution < 1.29 is 9.59 Å². The Bertz CT molecular complexity index is 756. The normalized spacial score (nSPS) is 15.2. The molecule has 2 heterocycles. The summed E-state index contributed by atoms with van der Waals surface area (Å²) in [6.07, 6.45) is 1.88. The summed E-state index contributed by atoms with van der Waals surface area (Å²) in [7, 11) is 1.95. The molecular formula is C18H20ClN3O2S. The van der Waals surface area contributed by atoms with Crippen LogP contribution in [0.2, 0.25) is 5.02 Å². The van der Waals surface area contributed by atoms with Crippen LogP contribution < -0.4 is 10.6 Å². The van der Waals surface area contributed by atoms with E-state index in [1.165, 1.54) is 11.3 Å². The first-order valence-electron chi connectivity index (χ1n) is 8.19. The minimum atomic E-state index is -0.226. The third-order valence-corrected chi connectivity index (χ3v) is 5.60. The maximum Gasteiger partial charge on any atom is 0.265 e. The fourth-order valence-corrected chi connectivity index (χ4v) is 3.68. The summed E-state index contributed by atoms with van der Waals surface area (Å²) in [5, 5.41) is 8.29. The Labute approximate surface area is 156 Å². The van der Waals surface area contributed by atoms with E-state index in [1.54, 1.807) is 24.3 Å². The van der Waals surface area contributed by atoms with Crippen LogP contribution in [-0.4, -0.2) is 42.9 Å². The molecule has 0 unspecified atom stereocenters. The average Bonchev–Trinajstić information content (AvgIpc) is 3.18. The summed E-state index contributed by atoms with van der Waals surface area (Å²) >= 11 is 7.54. The van der Waals surface area contributed by atoms with Crippen molar-refractivity contribution in [2.45, 2.75) is 18.9 Å². The van der Waals surface area contributed by atoms with E-state index in [1.807, 2.05) is 23.4 Å². The second-order valence-electron chi connectivity index (χ2n) is 5.98. The fourth-order valence-electron chi connectivity index (χ4n) is 2.90. The Kier molecular flexibility index (Phi) is 5.73. The van der Waals surface area contributed by atoms with Gasteiger partial charge in [-0.1, -0.05) is 17.7 Å². The van der Waals surface area contributed by atoms with E-state index in [0.29, 0.717) is 27.2 Å². The number of hydrogen-bond donors (Lipinski definition) is 2. The maximum absolute atomic E-state index is 12.7. The van der Waals surface area contributed by atoms with Crippen LogP contribution in [0.15, 0.2) is 35.7 Å². The molecule has 5 nitrogen and oxygen atoms in total. The lowest BCUT2D eigenvalue weighted by Gasteiger charge is -2.32. The van der Waals surface area contributed by atoms with Gasteiger partial charge in [0.2, 0.25) is 0 Å². The smallest absolute Gasteiger partial charge is 0.265 e. The van der Waals surface area contributed by atoms with Gasteiger partial charge in [-0.05, 0) is 49.5 Å². The second kappa shape index (κ2) is 7.99. The zero-order valence-electron chi connectivity index (χ0n) is 13.9. The first kappa shape index (κ1) is 17.9. The lowest BCUT2D eigenvalue weighted by Crippen LogP contribution is -2.43. The van der Waals surface area contributed by atoms with Crippen LogP contribution in [0, 0.1) is 0 Å². The lowest BCUT2D eigenvalue weighted by molar-refractivity contribution is 0.0707. The number of anilines is 1. The van der Waals surface area contributed by atoms with Gasteiger partial charge in [-0.15, -0.1) is 11.3 Å². The van der Waals surface area contributed by atoms with Crippen molar-refractivity contribution in [2.24, 2.45) is 0 Å². The number of benzene rings is 1. The molecule has 7 heteroatoms. The topological polar surface area (TPSA) is 61.4 Å². The van der Waals surface area contributed by atoms with E-state index < -0.39 is 0 Å². The van der Waals surface area contributed by atoms with Crippen LogP contribution in [0.4, 0.5) is 5.69 Å². The van der Waals surface area contributed by atoms with Gasteiger partial charge in [-0.2, -0.15) is 0 Å². The average molecular weight is 378 g/mol. The molecule has 1 aromatic heterocycles. The van der Waals surface area contributed by atoms with Crippen molar-refractivity contribution in [1.82, 2.24) is 10.2 Å². The van der Waals surface area contributed by atoms with Gasteiger partial charge in [0.05, 0.1) is 15.6 Å². The van der Waals surface area contributed by atoms with Crippen molar-refractivity contribution >= 4 is 40.4 Å². The van der Waals surface area contributed by atoms with Crippen LogP contribution in [0.3, 0.4) is 0 Å². The quantitative estimate of drug-likeness (QED) is 0.857. The van der Waals surface area contributed by atoms with Gasteiger partial charge in [-0.25, -0.2) is 0 Å². The number of carbonyl (C=O) groups is 2. The molecule has 1 saturated heterocycles. The Morgan fingerprint density at radius 2 is 2.00 bits per heavy atom. The number of amides is 2. The minimum Gasteiger partial charge on any atom is -0.339 e. The van der Waals surface area contributed by atoms with Gasteiger partial charge in [0.15, 0.2) is 0 Å². The van der Waals surface area contributed by atoms with Gasteiger partial charge in [0.1, 0.15) is 0 Å². The molecule has 0 spiro atoms. The maximum atomic E-state index is 12.7. The monoisotopic (exact) mass is 377 g/mol. The summed E-state index contributed by atoms with van der Waals surface area (Å²) < 4.78 is 0. The molecule has 0 radical (unpaired) electrons. The Hall–Kier alpha value is -1.89. The zero-order valence-corrected chi connectivity index (χ0v) is 15.5. The summed E-state index contributed by atoms with van der Waals surface area (Å²) in [6, 6.07) is 9.04. The highest BCUT2D eigenvalue weighted by Gasteiger charge is 2.23. The fraction of sp³-hybridized carbons (Fsp3) is 0.333. The molecular weight excluding hydrogens is 358 g/mol. The van der Waals surface area contributed by atoms with E-state index in [2.05, 4.69) is 10.6 Å². The predicted octanol–water partition coefficient (Wildman–Crippen LogP) is 3.48. The van der Waals surface area contributed by atoms with Crippen LogP contribution in [0.5, 0.6) is 0 Å². The summed E-state index contributed by atoms with van der Waals surface area (Å²) in [5.41, 5.74) is 0.991. The van der Waals surface area contributed by atoms with E-state index in [9.17, 15) is 9.59 Å². The number of hydrogen-bond acceptors (Lipinski definition) is 4. The molecule has 0 bridgehead atoms. The molecule has 0 saturated carbocycles.